The third kappa shape index (κ3) is 65.4. The van der Waals surface area contributed by atoms with Crippen LogP contribution in [0.5, 0.6) is 0 Å². The molecule has 0 aromatic heterocycles. The molecule has 0 aliphatic rings. The smallest absolute Gasteiger partial charge is 0.306 e. The summed E-state index contributed by atoms with van der Waals surface area (Å²) in [6.07, 6.45) is 90.4. The second-order valence-corrected chi connectivity index (χ2v) is 23.1. The van der Waals surface area contributed by atoms with E-state index in [1.165, 1.54) is 193 Å². The highest BCUT2D eigenvalue weighted by molar-refractivity contribution is 5.71. The Bertz CT molecular complexity index is 1520. The molecule has 0 spiro atoms. The van der Waals surface area contributed by atoms with Crippen molar-refractivity contribution in [1.82, 2.24) is 0 Å². The fourth-order valence-electron chi connectivity index (χ4n) is 9.93. The molecule has 0 aromatic rings. The number of rotatable bonds is 63. The van der Waals surface area contributed by atoms with Crippen LogP contribution in [-0.2, 0) is 28.6 Å². The maximum absolute atomic E-state index is 12.9. The Morgan fingerprint density at radius 2 is 0.487 bits per heavy atom. The maximum Gasteiger partial charge on any atom is 0.306 e. The van der Waals surface area contributed by atoms with E-state index < -0.39 is 6.10 Å². The molecule has 6 nitrogen and oxygen atoms in total. The van der Waals surface area contributed by atoms with E-state index in [2.05, 4.69) is 106 Å². The van der Waals surface area contributed by atoms with Gasteiger partial charge in [0, 0.05) is 19.3 Å². The first kappa shape index (κ1) is 76.6. The predicted octanol–water partition coefficient (Wildman–Crippen LogP) is 23.8. The van der Waals surface area contributed by atoms with Gasteiger partial charge < -0.3 is 14.2 Å². The van der Waals surface area contributed by atoms with Gasteiger partial charge in [-0.25, -0.2) is 0 Å². The minimum atomic E-state index is -0.787. The Kier molecular flexibility index (Phi) is 65.2. The monoisotopic (exact) mass is 1110 g/mol. The fourth-order valence-corrected chi connectivity index (χ4v) is 9.93. The third-order valence-corrected chi connectivity index (χ3v) is 15.1. The van der Waals surface area contributed by atoms with Gasteiger partial charge in [-0.05, 0) is 116 Å². The molecule has 1 atom stereocenters. The van der Waals surface area contributed by atoms with Crippen molar-refractivity contribution in [3.8, 4) is 0 Å². The first-order valence-corrected chi connectivity index (χ1v) is 34.6. The highest BCUT2D eigenvalue weighted by Crippen LogP contribution is 2.17. The summed E-state index contributed by atoms with van der Waals surface area (Å²) >= 11 is 0. The lowest BCUT2D eigenvalue weighted by Crippen LogP contribution is -2.30. The molecule has 0 aromatic carbocycles. The lowest BCUT2D eigenvalue weighted by Gasteiger charge is -2.18. The van der Waals surface area contributed by atoms with Gasteiger partial charge in [0.2, 0.25) is 0 Å². The highest BCUT2D eigenvalue weighted by Gasteiger charge is 2.19. The van der Waals surface area contributed by atoms with Gasteiger partial charge in [0.15, 0.2) is 6.10 Å². The van der Waals surface area contributed by atoms with E-state index in [1.54, 1.807) is 0 Å². The summed E-state index contributed by atoms with van der Waals surface area (Å²) < 4.78 is 16.9. The van der Waals surface area contributed by atoms with Gasteiger partial charge in [-0.2, -0.15) is 0 Å². The molecular weight excluding hydrogens is 985 g/mol. The van der Waals surface area contributed by atoms with Gasteiger partial charge in [0.25, 0.3) is 0 Å². The summed E-state index contributed by atoms with van der Waals surface area (Å²) in [6, 6.07) is 0. The van der Waals surface area contributed by atoms with Crippen LogP contribution >= 0.6 is 0 Å². The summed E-state index contributed by atoms with van der Waals surface area (Å²) in [5.74, 6) is -0.886. The van der Waals surface area contributed by atoms with E-state index in [1.807, 2.05) is 0 Å². The van der Waals surface area contributed by atoms with Crippen molar-refractivity contribution >= 4 is 17.9 Å². The molecule has 6 heteroatoms. The van der Waals surface area contributed by atoms with Crippen molar-refractivity contribution < 1.29 is 28.6 Å². The third-order valence-electron chi connectivity index (χ3n) is 15.1. The number of unbranched alkanes of at least 4 members (excludes halogenated alkanes) is 38. The maximum atomic E-state index is 12.9. The molecular formula is C74H130O6. The highest BCUT2D eigenvalue weighted by atomic mass is 16.6. The fraction of sp³-hybridized carbons (Fsp3) is 0.770. The van der Waals surface area contributed by atoms with Crippen LogP contribution < -0.4 is 0 Å². The zero-order valence-electron chi connectivity index (χ0n) is 53.1. The lowest BCUT2D eigenvalue weighted by molar-refractivity contribution is -0.167. The molecule has 0 rings (SSSR count). The van der Waals surface area contributed by atoms with E-state index in [-0.39, 0.29) is 31.1 Å². The second-order valence-electron chi connectivity index (χ2n) is 23.1. The minimum Gasteiger partial charge on any atom is -0.462 e. The van der Waals surface area contributed by atoms with Crippen molar-refractivity contribution in [3.63, 3.8) is 0 Å². The molecule has 0 saturated heterocycles. The zero-order valence-corrected chi connectivity index (χ0v) is 53.1. The number of esters is 3. The summed E-state index contributed by atoms with van der Waals surface area (Å²) in [5.41, 5.74) is 0. The zero-order chi connectivity index (χ0) is 57.8. The largest absolute Gasteiger partial charge is 0.462 e. The Morgan fingerprint density at radius 3 is 0.787 bits per heavy atom. The van der Waals surface area contributed by atoms with Crippen molar-refractivity contribution in [2.24, 2.45) is 0 Å². The van der Waals surface area contributed by atoms with E-state index in [0.717, 1.165) is 116 Å². The number of allylic oxidation sites excluding steroid dienone is 14. The van der Waals surface area contributed by atoms with Gasteiger partial charge >= 0.3 is 17.9 Å². The van der Waals surface area contributed by atoms with E-state index in [0.29, 0.717) is 19.3 Å². The van der Waals surface area contributed by atoms with Gasteiger partial charge in [-0.1, -0.05) is 298 Å². The molecule has 0 heterocycles. The molecule has 0 aliphatic carbocycles. The van der Waals surface area contributed by atoms with Crippen molar-refractivity contribution in [3.05, 3.63) is 85.1 Å². The molecule has 0 aliphatic heterocycles. The van der Waals surface area contributed by atoms with Gasteiger partial charge in [-0.15, -0.1) is 0 Å². The van der Waals surface area contributed by atoms with Crippen LogP contribution in [0.3, 0.4) is 0 Å². The average Bonchev–Trinajstić information content (AvgIpc) is 3.46. The van der Waals surface area contributed by atoms with Crippen LogP contribution in [-0.4, -0.2) is 37.2 Å². The first-order valence-electron chi connectivity index (χ1n) is 34.6. The summed E-state index contributed by atoms with van der Waals surface area (Å²) in [4.78, 5) is 38.4. The topological polar surface area (TPSA) is 78.9 Å². The van der Waals surface area contributed by atoms with E-state index >= 15 is 0 Å². The van der Waals surface area contributed by atoms with Crippen LogP contribution in [0.4, 0.5) is 0 Å². The number of hydrogen-bond acceptors (Lipinski definition) is 6. The van der Waals surface area contributed by atoms with Gasteiger partial charge in [-0.3, -0.25) is 14.4 Å². The van der Waals surface area contributed by atoms with Crippen molar-refractivity contribution in [2.75, 3.05) is 13.2 Å². The van der Waals surface area contributed by atoms with E-state index in [9.17, 15) is 14.4 Å². The lowest BCUT2D eigenvalue weighted by atomic mass is 10.0. The Balaban J connectivity index is 4.21. The van der Waals surface area contributed by atoms with Crippen LogP contribution in [0.25, 0.3) is 0 Å². The number of ether oxygens (including phenoxy) is 3. The summed E-state index contributed by atoms with van der Waals surface area (Å²) in [5, 5.41) is 0. The van der Waals surface area contributed by atoms with Crippen molar-refractivity contribution in [1.29, 1.82) is 0 Å². The van der Waals surface area contributed by atoms with Crippen LogP contribution in [0.2, 0.25) is 0 Å². The SMILES string of the molecule is CC/C=C\C/C=C\C/C=C\C/C=C\CCCCCCCCCCCCCCCCCCCCC(=O)OCC(COC(=O)CCCCCCC/C=C\CCCCCCCC)OC(=O)CCCCCCC/C=C\C/C=C\CCCCCC. The average molecular weight is 1120 g/mol. The van der Waals surface area contributed by atoms with Crippen LogP contribution in [0, 0.1) is 0 Å². The predicted molar refractivity (Wildman–Crippen MR) is 348 cm³/mol. The molecule has 0 radical (unpaired) electrons. The summed E-state index contributed by atoms with van der Waals surface area (Å²) in [7, 11) is 0. The standard InChI is InChI=1S/C74H130O6/c1-4-7-10-13-16-19-22-25-28-30-31-32-33-34-35-36-37-38-39-40-41-42-43-44-47-49-52-55-58-61-64-67-73(76)79-70-71(69-78-72(75)66-63-60-57-54-51-48-45-27-24-21-18-15-12-9-6-3)80-74(77)68-65-62-59-56-53-50-46-29-26-23-20-17-14-11-8-5-2/h7,10,16,19-20,23,25,27-29,31-32,45-46,71H,4-6,8-9,11-15,17-18,21-22,24,26,30,33-44,47-70H2,1-3H3/b10-7-,19-16-,23-20-,28-25-,32-31-,45-27-,46-29-. The van der Waals surface area contributed by atoms with Crippen LogP contribution in [0.1, 0.15) is 348 Å². The van der Waals surface area contributed by atoms with Gasteiger partial charge in [0.1, 0.15) is 13.2 Å². The summed E-state index contributed by atoms with van der Waals surface area (Å²) in [6.45, 7) is 6.53. The molecule has 0 saturated carbocycles. The molecule has 1 unspecified atom stereocenters. The minimum absolute atomic E-state index is 0.0812. The molecule has 0 N–H and O–H groups in total. The molecule has 0 bridgehead atoms. The Hall–Kier alpha value is -3.41. The number of hydrogen-bond donors (Lipinski definition) is 0. The number of carbonyl (C=O) groups is 3. The second kappa shape index (κ2) is 68.1. The number of carbonyl (C=O) groups excluding carboxylic acids is 3. The molecule has 0 amide bonds. The Labute approximate surface area is 496 Å². The van der Waals surface area contributed by atoms with E-state index in [4.69, 9.17) is 14.2 Å². The quantitative estimate of drug-likeness (QED) is 0.0261. The normalized spacial score (nSPS) is 12.6. The van der Waals surface area contributed by atoms with Crippen molar-refractivity contribution in [2.45, 2.75) is 354 Å². The molecule has 0 fully saturated rings. The van der Waals surface area contributed by atoms with Gasteiger partial charge in [0.05, 0.1) is 0 Å². The molecule has 462 valence electrons. The first-order chi connectivity index (χ1) is 39.5. The molecule has 80 heavy (non-hydrogen) atoms. The Morgan fingerprint density at radius 1 is 0.263 bits per heavy atom. The van der Waals surface area contributed by atoms with Crippen LogP contribution in [0.15, 0.2) is 85.1 Å².